The molecule has 1 aromatic rings. The topological polar surface area (TPSA) is 48.9 Å². The van der Waals surface area contributed by atoms with Crippen LogP contribution in [0.4, 0.5) is 0 Å². The van der Waals surface area contributed by atoms with Gasteiger partial charge in [0.1, 0.15) is 0 Å². The van der Waals surface area contributed by atoms with Crippen molar-refractivity contribution >= 4 is 29.9 Å². The maximum absolute atomic E-state index is 5.38. The monoisotopic (exact) mass is 458 g/mol. The van der Waals surface area contributed by atoms with Gasteiger partial charge in [0.15, 0.2) is 5.96 Å². The van der Waals surface area contributed by atoms with Crippen LogP contribution < -0.4 is 10.6 Å². The van der Waals surface area contributed by atoms with Crippen molar-refractivity contribution in [2.24, 2.45) is 4.99 Å². The van der Waals surface area contributed by atoms with Gasteiger partial charge in [-0.05, 0) is 30.4 Å². The molecular formula is C19H31IN4O. The summed E-state index contributed by atoms with van der Waals surface area (Å²) in [5.74, 6) is 1.50. The quantitative estimate of drug-likeness (QED) is 0.404. The van der Waals surface area contributed by atoms with E-state index in [0.29, 0.717) is 5.92 Å². The number of aryl methyl sites for hydroxylation is 1. The normalized spacial score (nSPS) is 21.2. The Morgan fingerprint density at radius 1 is 1.24 bits per heavy atom. The standard InChI is InChI=1S/C19H30N4O.HI/c1-20-19(21-9-10-23-11-13-24-14-12-23)22-15-17-7-4-6-16-5-2-3-8-18(16)17;/h2-3,5,8,17H,4,6-7,9-15H2,1H3,(H2,20,21,22);1H. The third-order valence-corrected chi connectivity index (χ3v) is 5.06. The molecule has 3 rings (SSSR count). The van der Waals surface area contributed by atoms with Crippen LogP contribution in [-0.2, 0) is 11.2 Å². The summed E-state index contributed by atoms with van der Waals surface area (Å²) in [5, 5.41) is 6.95. The number of fused-ring (bicyclic) bond motifs is 1. The Morgan fingerprint density at radius 2 is 2.04 bits per heavy atom. The van der Waals surface area contributed by atoms with E-state index in [1.54, 1.807) is 0 Å². The van der Waals surface area contributed by atoms with Gasteiger partial charge in [-0.2, -0.15) is 0 Å². The zero-order valence-electron chi connectivity index (χ0n) is 15.2. The number of aliphatic imine (C=N–C) groups is 1. The molecule has 1 atom stereocenters. The zero-order chi connectivity index (χ0) is 16.6. The maximum atomic E-state index is 5.38. The molecule has 1 unspecified atom stereocenters. The zero-order valence-corrected chi connectivity index (χ0v) is 17.5. The van der Waals surface area contributed by atoms with E-state index in [-0.39, 0.29) is 24.0 Å². The first-order valence-corrected chi connectivity index (χ1v) is 9.19. The highest BCUT2D eigenvalue weighted by Crippen LogP contribution is 2.30. The summed E-state index contributed by atoms with van der Waals surface area (Å²) >= 11 is 0. The molecule has 0 radical (unpaired) electrons. The largest absolute Gasteiger partial charge is 0.379 e. The van der Waals surface area contributed by atoms with E-state index in [1.165, 1.54) is 30.4 Å². The van der Waals surface area contributed by atoms with Crippen molar-refractivity contribution in [1.29, 1.82) is 0 Å². The molecular weight excluding hydrogens is 427 g/mol. The van der Waals surface area contributed by atoms with Crippen LogP contribution in [0.2, 0.25) is 0 Å². The van der Waals surface area contributed by atoms with Crippen molar-refractivity contribution in [3.8, 4) is 0 Å². The second-order valence-electron chi connectivity index (χ2n) is 6.62. The molecule has 0 amide bonds. The Morgan fingerprint density at radius 3 is 2.84 bits per heavy atom. The second-order valence-corrected chi connectivity index (χ2v) is 6.62. The second kappa shape index (κ2) is 11.0. The van der Waals surface area contributed by atoms with Crippen molar-refractivity contribution in [2.45, 2.75) is 25.2 Å². The number of nitrogens with one attached hydrogen (secondary N) is 2. The van der Waals surface area contributed by atoms with Gasteiger partial charge < -0.3 is 15.4 Å². The lowest BCUT2D eigenvalue weighted by molar-refractivity contribution is 0.0389. The Hall–Kier alpha value is -0.860. The van der Waals surface area contributed by atoms with Crippen LogP contribution in [0.25, 0.3) is 0 Å². The lowest BCUT2D eigenvalue weighted by Gasteiger charge is -2.28. The first kappa shape index (κ1) is 20.5. The molecule has 6 heteroatoms. The van der Waals surface area contributed by atoms with Crippen molar-refractivity contribution in [1.82, 2.24) is 15.5 Å². The van der Waals surface area contributed by atoms with E-state index in [1.807, 2.05) is 7.05 Å². The summed E-state index contributed by atoms with van der Waals surface area (Å²) in [6.07, 6.45) is 3.76. The number of halogens is 1. The number of ether oxygens (including phenoxy) is 1. The summed E-state index contributed by atoms with van der Waals surface area (Å²) in [6, 6.07) is 8.87. The van der Waals surface area contributed by atoms with Crippen LogP contribution in [0.5, 0.6) is 0 Å². The van der Waals surface area contributed by atoms with Gasteiger partial charge >= 0.3 is 0 Å². The molecule has 0 aromatic heterocycles. The van der Waals surface area contributed by atoms with Crippen LogP contribution >= 0.6 is 24.0 Å². The highest BCUT2D eigenvalue weighted by molar-refractivity contribution is 14.0. The van der Waals surface area contributed by atoms with Gasteiger partial charge in [0, 0.05) is 45.7 Å². The molecule has 0 saturated carbocycles. The highest BCUT2D eigenvalue weighted by Gasteiger charge is 2.19. The molecule has 0 spiro atoms. The lowest BCUT2D eigenvalue weighted by Crippen LogP contribution is -2.45. The van der Waals surface area contributed by atoms with Crippen molar-refractivity contribution in [3.63, 3.8) is 0 Å². The van der Waals surface area contributed by atoms with E-state index in [4.69, 9.17) is 4.74 Å². The highest BCUT2D eigenvalue weighted by atomic mass is 127. The number of nitrogens with zero attached hydrogens (tertiary/aromatic N) is 2. The number of benzene rings is 1. The maximum Gasteiger partial charge on any atom is 0.191 e. The van der Waals surface area contributed by atoms with Gasteiger partial charge in [0.25, 0.3) is 0 Å². The summed E-state index contributed by atoms with van der Waals surface area (Å²) in [7, 11) is 1.85. The minimum atomic E-state index is 0. The molecule has 1 heterocycles. The Kier molecular flexibility index (Phi) is 8.98. The third kappa shape index (κ3) is 6.11. The molecule has 1 aliphatic carbocycles. The van der Waals surface area contributed by atoms with E-state index in [2.05, 4.69) is 44.8 Å². The molecule has 2 aliphatic rings. The Bertz CT molecular complexity index is 546. The first-order valence-electron chi connectivity index (χ1n) is 9.19. The molecule has 1 fully saturated rings. The van der Waals surface area contributed by atoms with Gasteiger partial charge in [0.2, 0.25) is 0 Å². The molecule has 25 heavy (non-hydrogen) atoms. The average Bonchev–Trinajstić information content (AvgIpc) is 2.65. The predicted octanol–water partition coefficient (Wildman–Crippen LogP) is 2.22. The van der Waals surface area contributed by atoms with Gasteiger partial charge in [-0.3, -0.25) is 9.89 Å². The van der Waals surface area contributed by atoms with E-state index >= 15 is 0 Å². The fraction of sp³-hybridized carbons (Fsp3) is 0.632. The molecule has 2 N–H and O–H groups in total. The van der Waals surface area contributed by atoms with Crippen molar-refractivity contribution in [3.05, 3.63) is 35.4 Å². The average molecular weight is 458 g/mol. The van der Waals surface area contributed by atoms with Gasteiger partial charge in [-0.1, -0.05) is 24.3 Å². The minimum absolute atomic E-state index is 0. The van der Waals surface area contributed by atoms with Gasteiger partial charge in [-0.25, -0.2) is 0 Å². The van der Waals surface area contributed by atoms with Crippen LogP contribution in [0.1, 0.15) is 29.9 Å². The molecule has 0 bridgehead atoms. The number of guanidine groups is 1. The Balaban J connectivity index is 0.00000225. The van der Waals surface area contributed by atoms with Crippen LogP contribution in [0.15, 0.2) is 29.3 Å². The number of hydrogen-bond donors (Lipinski definition) is 2. The number of rotatable bonds is 5. The summed E-state index contributed by atoms with van der Waals surface area (Å²) in [6.45, 7) is 6.69. The van der Waals surface area contributed by atoms with Crippen molar-refractivity contribution < 1.29 is 4.74 Å². The van der Waals surface area contributed by atoms with Crippen molar-refractivity contribution in [2.75, 3.05) is 53.0 Å². The van der Waals surface area contributed by atoms with Gasteiger partial charge in [-0.15, -0.1) is 24.0 Å². The van der Waals surface area contributed by atoms with Gasteiger partial charge in [0.05, 0.1) is 13.2 Å². The molecule has 140 valence electrons. The fourth-order valence-electron chi connectivity index (χ4n) is 3.66. The summed E-state index contributed by atoms with van der Waals surface area (Å²) in [5.41, 5.74) is 3.03. The fourth-order valence-corrected chi connectivity index (χ4v) is 3.66. The van der Waals surface area contributed by atoms with Crippen LogP contribution in [0.3, 0.4) is 0 Å². The molecule has 1 aliphatic heterocycles. The van der Waals surface area contributed by atoms with E-state index in [9.17, 15) is 0 Å². The number of morpholine rings is 1. The smallest absolute Gasteiger partial charge is 0.191 e. The molecule has 1 saturated heterocycles. The van der Waals surface area contributed by atoms with Crippen LogP contribution in [-0.4, -0.2) is 63.8 Å². The SMILES string of the molecule is CN=C(NCCN1CCOCC1)NCC1CCCc2ccccc21.I. The molecule has 5 nitrogen and oxygen atoms in total. The Labute approximate surface area is 168 Å². The minimum Gasteiger partial charge on any atom is -0.379 e. The van der Waals surface area contributed by atoms with E-state index < -0.39 is 0 Å². The first-order chi connectivity index (χ1) is 11.9. The lowest BCUT2D eigenvalue weighted by atomic mass is 9.83. The predicted molar refractivity (Wildman–Crippen MR) is 114 cm³/mol. The van der Waals surface area contributed by atoms with Crippen LogP contribution in [0, 0.1) is 0 Å². The van der Waals surface area contributed by atoms with E-state index in [0.717, 1.165) is 51.9 Å². The summed E-state index contributed by atoms with van der Waals surface area (Å²) < 4.78 is 5.38. The molecule has 1 aromatic carbocycles. The third-order valence-electron chi connectivity index (χ3n) is 5.06. The number of hydrogen-bond acceptors (Lipinski definition) is 3. The summed E-state index contributed by atoms with van der Waals surface area (Å²) in [4.78, 5) is 6.79.